The summed E-state index contributed by atoms with van der Waals surface area (Å²) in [5, 5.41) is 7.38. The van der Waals surface area contributed by atoms with E-state index in [1.807, 2.05) is 0 Å². The van der Waals surface area contributed by atoms with Gasteiger partial charge in [0, 0.05) is 43.7 Å². The summed E-state index contributed by atoms with van der Waals surface area (Å²) in [5.41, 5.74) is -1.71. The van der Waals surface area contributed by atoms with E-state index in [0.717, 1.165) is 11.8 Å². The third-order valence-electron chi connectivity index (χ3n) is 6.68. The van der Waals surface area contributed by atoms with Gasteiger partial charge in [-0.05, 0) is 38.9 Å². The number of alkyl carbamates (subject to hydrolysis) is 1. The van der Waals surface area contributed by atoms with Crippen LogP contribution >= 0.6 is 11.8 Å². The lowest BCUT2D eigenvalue weighted by Crippen LogP contribution is -2.52. The maximum absolute atomic E-state index is 13.3. The highest BCUT2D eigenvalue weighted by Gasteiger charge is 2.43. The van der Waals surface area contributed by atoms with E-state index in [9.17, 15) is 28.8 Å². The molecule has 0 saturated carbocycles. The number of ether oxygens (including phenoxy) is 3. The molecule has 0 radical (unpaired) electrons. The average Bonchev–Trinajstić information content (AvgIpc) is 2.88. The smallest absolute Gasteiger partial charge is 0.408 e. The lowest BCUT2D eigenvalue weighted by atomic mass is 9.86. The Bertz CT molecular complexity index is 1010. The normalized spacial score (nSPS) is 12.9. The van der Waals surface area contributed by atoms with Crippen molar-refractivity contribution in [2.24, 2.45) is 5.41 Å². The minimum Gasteiger partial charge on any atom is -0.469 e. The Morgan fingerprint density at radius 2 is 1.41 bits per heavy atom. The molecule has 0 aliphatic carbocycles. The van der Waals surface area contributed by atoms with E-state index in [-0.39, 0.29) is 55.0 Å². The van der Waals surface area contributed by atoms with E-state index < -0.39 is 55.9 Å². The van der Waals surface area contributed by atoms with Crippen molar-refractivity contribution in [3.8, 4) is 0 Å². The van der Waals surface area contributed by atoms with Crippen LogP contribution in [0.15, 0.2) is 0 Å². The van der Waals surface area contributed by atoms with Gasteiger partial charge in [0.1, 0.15) is 12.1 Å². The second-order valence-electron chi connectivity index (χ2n) is 13.5. The largest absolute Gasteiger partial charge is 0.469 e. The van der Waals surface area contributed by atoms with E-state index in [0.29, 0.717) is 5.75 Å². The molecule has 3 amide bonds. The zero-order valence-corrected chi connectivity index (χ0v) is 30.0. The number of esters is 2. The quantitative estimate of drug-likeness (QED) is 0.0901. The predicted molar refractivity (Wildman–Crippen MR) is 170 cm³/mol. The number of hydrogen-bond donors (Lipinski definition) is 3. The van der Waals surface area contributed by atoms with Gasteiger partial charge in [0.05, 0.1) is 13.5 Å². The molecule has 254 valence electrons. The third-order valence-corrected chi connectivity index (χ3v) is 12.1. The molecule has 0 aromatic rings. The Balaban J connectivity index is 5.14. The monoisotopic (exact) mass is 663 g/mol. The molecule has 0 unspecified atom stereocenters. The Hall–Kier alpha value is -2.65. The van der Waals surface area contributed by atoms with Crippen molar-refractivity contribution in [1.82, 2.24) is 16.0 Å². The van der Waals surface area contributed by atoms with Crippen molar-refractivity contribution in [2.75, 3.05) is 39.1 Å². The highest BCUT2D eigenvalue weighted by Crippen LogP contribution is 2.38. The molecule has 0 heterocycles. The van der Waals surface area contributed by atoms with Crippen molar-refractivity contribution < 1.29 is 47.4 Å². The molecule has 15 heteroatoms. The predicted octanol–water partition coefficient (Wildman–Crippen LogP) is 3.31. The second kappa shape index (κ2) is 18.3. The topological polar surface area (TPSA) is 175 Å². The van der Waals surface area contributed by atoms with Crippen LogP contribution in [-0.4, -0.2) is 94.1 Å². The van der Waals surface area contributed by atoms with E-state index in [1.165, 1.54) is 7.11 Å². The van der Waals surface area contributed by atoms with Crippen LogP contribution in [0.1, 0.15) is 74.7 Å². The molecule has 1 atom stereocenters. The van der Waals surface area contributed by atoms with Gasteiger partial charge in [0.25, 0.3) is 5.91 Å². The number of rotatable bonds is 17. The first-order valence-electron chi connectivity index (χ1n) is 14.6. The maximum atomic E-state index is 13.3. The number of thioether (sulfide) groups is 1. The second-order valence-corrected chi connectivity index (χ2v) is 19.4. The van der Waals surface area contributed by atoms with Crippen molar-refractivity contribution in [2.45, 2.75) is 104 Å². The molecule has 0 aromatic carbocycles. The minimum absolute atomic E-state index is 0.00413. The maximum Gasteiger partial charge on any atom is 0.408 e. The Morgan fingerprint density at radius 3 is 1.95 bits per heavy atom. The summed E-state index contributed by atoms with van der Waals surface area (Å²) >= 11 is 1.00. The summed E-state index contributed by atoms with van der Waals surface area (Å²) in [6, 6.07) is 0. The van der Waals surface area contributed by atoms with Gasteiger partial charge in [-0.2, -0.15) is 0 Å². The van der Waals surface area contributed by atoms with Gasteiger partial charge in [-0.3, -0.25) is 24.0 Å². The molecular weight excluding hydrogens is 610 g/mol. The number of nitrogens with one attached hydrogen (secondary N) is 3. The van der Waals surface area contributed by atoms with Gasteiger partial charge >= 0.3 is 18.0 Å². The molecule has 0 saturated heterocycles. The van der Waals surface area contributed by atoms with Crippen molar-refractivity contribution in [1.29, 1.82) is 0 Å². The van der Waals surface area contributed by atoms with Crippen molar-refractivity contribution >= 4 is 55.0 Å². The van der Waals surface area contributed by atoms with Gasteiger partial charge in [0.2, 0.25) is 5.91 Å². The van der Waals surface area contributed by atoms with Gasteiger partial charge in [-0.1, -0.05) is 46.4 Å². The molecule has 0 aliphatic heterocycles. The fourth-order valence-corrected chi connectivity index (χ4v) is 4.92. The van der Waals surface area contributed by atoms with Gasteiger partial charge in [-0.15, -0.1) is 0 Å². The summed E-state index contributed by atoms with van der Waals surface area (Å²) in [5.74, 6) is -1.93. The molecule has 0 bridgehead atoms. The molecule has 0 aromatic heterocycles. The van der Waals surface area contributed by atoms with Crippen molar-refractivity contribution in [3.05, 3.63) is 0 Å². The average molecular weight is 664 g/mol. The van der Waals surface area contributed by atoms with Gasteiger partial charge in [-0.25, -0.2) is 4.79 Å². The number of hydrogen-bond acceptors (Lipinski definition) is 11. The number of amides is 3. The van der Waals surface area contributed by atoms with Crippen LogP contribution in [0.25, 0.3) is 0 Å². The number of carbonyl (C=O) groups is 6. The highest BCUT2D eigenvalue weighted by molar-refractivity contribution is 8.13. The van der Waals surface area contributed by atoms with E-state index in [2.05, 4.69) is 54.6 Å². The highest BCUT2D eigenvalue weighted by atomic mass is 32.2. The Kier molecular flexibility index (Phi) is 17.2. The van der Waals surface area contributed by atoms with Crippen LogP contribution in [0.5, 0.6) is 0 Å². The first-order valence-corrected chi connectivity index (χ1v) is 18.5. The summed E-state index contributed by atoms with van der Waals surface area (Å²) < 4.78 is 21.5. The minimum atomic E-state index is -2.21. The van der Waals surface area contributed by atoms with Crippen LogP contribution in [-0.2, 0) is 42.6 Å². The molecule has 0 spiro atoms. The molecule has 0 rings (SSSR count). The van der Waals surface area contributed by atoms with Crippen LogP contribution in [0.4, 0.5) is 4.79 Å². The zero-order valence-electron chi connectivity index (χ0n) is 28.2. The lowest BCUT2D eigenvalue weighted by Gasteiger charge is -2.40. The van der Waals surface area contributed by atoms with Crippen LogP contribution in [0.2, 0.25) is 18.1 Å². The first-order chi connectivity index (χ1) is 20.0. The molecule has 3 N–H and O–H groups in total. The molecule has 13 nitrogen and oxygen atoms in total. The zero-order chi connectivity index (χ0) is 34.4. The third kappa shape index (κ3) is 17.6. The molecule has 0 fully saturated rings. The fraction of sp³-hybridized carbons (Fsp3) is 0.793. The first kappa shape index (κ1) is 41.3. The Labute approximate surface area is 267 Å². The SMILES string of the molecule is COC(=O)CCC(=O)SCCNC(=O)CCNC(=O)[C@H](OC(=O)CNC(=O)OC(C)(C)C)C(C)(C)CO[Si](C)(C)C(C)(C)C. The van der Waals surface area contributed by atoms with E-state index >= 15 is 0 Å². The van der Waals surface area contributed by atoms with E-state index in [1.54, 1.807) is 34.6 Å². The summed E-state index contributed by atoms with van der Waals surface area (Å²) in [4.78, 5) is 73.1. The van der Waals surface area contributed by atoms with Crippen LogP contribution in [0, 0.1) is 5.41 Å². The summed E-state index contributed by atoms with van der Waals surface area (Å²) in [6.07, 6.45) is -2.07. The Morgan fingerprint density at radius 1 is 0.795 bits per heavy atom. The summed E-state index contributed by atoms with van der Waals surface area (Å²) in [6.45, 7) is 18.8. The van der Waals surface area contributed by atoms with Crippen LogP contribution in [0.3, 0.4) is 0 Å². The van der Waals surface area contributed by atoms with E-state index in [4.69, 9.17) is 13.9 Å². The molecule has 0 aliphatic rings. The lowest BCUT2D eigenvalue weighted by molar-refractivity contribution is -0.164. The molecular formula is C29H53N3O10SSi. The van der Waals surface area contributed by atoms with Crippen molar-refractivity contribution in [3.63, 3.8) is 0 Å². The summed E-state index contributed by atoms with van der Waals surface area (Å²) in [7, 11) is -0.953. The number of methoxy groups -OCH3 is 1. The standard InChI is InChI=1S/C29H53N3O10SSi/c1-27(2,3)42-26(38)32-18-22(35)41-24(29(7,8)19-40-44(10,11)28(4,5)6)25(37)31-15-14-20(33)30-16-17-43-23(36)13-12-21(34)39-9/h24H,12-19H2,1-11H3,(H,30,33)(H,31,37)(H,32,38)/t24-/m0/s1. The molecule has 44 heavy (non-hydrogen) atoms. The number of carbonyl (C=O) groups excluding carboxylic acids is 6. The van der Waals surface area contributed by atoms with Gasteiger partial charge < -0.3 is 34.6 Å². The fourth-order valence-electron chi connectivity index (χ4n) is 3.07. The van der Waals surface area contributed by atoms with Gasteiger partial charge in [0.15, 0.2) is 19.5 Å². The van der Waals surface area contributed by atoms with Crippen LogP contribution < -0.4 is 16.0 Å².